The molecule has 1 heterocycles. The van der Waals surface area contributed by atoms with Gasteiger partial charge in [0, 0.05) is 34.4 Å². The van der Waals surface area contributed by atoms with Gasteiger partial charge in [-0.25, -0.2) is 8.42 Å². The number of morpholine rings is 1. The van der Waals surface area contributed by atoms with Gasteiger partial charge in [0.1, 0.15) is 0 Å². The number of rotatable bonds is 5. The van der Waals surface area contributed by atoms with Crippen molar-refractivity contribution in [3.8, 4) is 0 Å². The van der Waals surface area contributed by atoms with Crippen LogP contribution in [0.1, 0.15) is 15.9 Å². The Kier molecular flexibility index (Phi) is 6.39. The van der Waals surface area contributed by atoms with Crippen LogP contribution in [-0.2, 0) is 20.5 Å². The highest BCUT2D eigenvalue weighted by molar-refractivity contribution is 7.88. The zero-order valence-corrected chi connectivity index (χ0v) is 16.6. The Morgan fingerprint density at radius 3 is 2.22 bits per heavy atom. The second kappa shape index (κ2) is 8.58. The first-order valence-corrected chi connectivity index (χ1v) is 10.6. The summed E-state index contributed by atoms with van der Waals surface area (Å²) in [4.78, 5) is 12.3. The van der Waals surface area contributed by atoms with Crippen molar-refractivity contribution < 1.29 is 17.9 Å². The third kappa shape index (κ3) is 5.43. The average Bonchev–Trinajstić information content (AvgIpc) is 2.62. The normalized spacial score (nSPS) is 15.5. The van der Waals surface area contributed by atoms with Gasteiger partial charge in [-0.15, -0.1) is 0 Å². The van der Waals surface area contributed by atoms with Crippen molar-refractivity contribution in [2.45, 2.75) is 5.75 Å². The molecule has 6 nitrogen and oxygen atoms in total. The monoisotopic (exact) mass is 428 g/mol. The number of hydrogen-bond acceptors (Lipinski definition) is 4. The first kappa shape index (κ1) is 20.1. The number of benzene rings is 2. The minimum Gasteiger partial charge on any atom is -0.379 e. The maximum Gasteiger partial charge on any atom is 0.255 e. The number of carbonyl (C=O) groups is 1. The van der Waals surface area contributed by atoms with Gasteiger partial charge in [0.15, 0.2) is 0 Å². The highest BCUT2D eigenvalue weighted by atomic mass is 35.5. The van der Waals surface area contributed by atoms with E-state index in [-0.39, 0.29) is 11.7 Å². The van der Waals surface area contributed by atoms with Crippen molar-refractivity contribution in [3.05, 3.63) is 63.6 Å². The topological polar surface area (TPSA) is 75.7 Å². The molecule has 0 spiro atoms. The van der Waals surface area contributed by atoms with E-state index in [1.54, 1.807) is 42.5 Å². The maximum absolute atomic E-state index is 12.4. The van der Waals surface area contributed by atoms with Crippen LogP contribution in [0.25, 0.3) is 0 Å². The van der Waals surface area contributed by atoms with E-state index in [1.165, 1.54) is 4.31 Å². The predicted molar refractivity (Wildman–Crippen MR) is 106 cm³/mol. The molecule has 0 bridgehead atoms. The largest absolute Gasteiger partial charge is 0.379 e. The molecule has 1 N–H and O–H groups in total. The van der Waals surface area contributed by atoms with Crippen LogP contribution in [0.5, 0.6) is 0 Å². The summed E-state index contributed by atoms with van der Waals surface area (Å²) in [5.74, 6) is -0.449. The molecular formula is C18H18Cl2N2O4S. The molecule has 0 unspecified atom stereocenters. The lowest BCUT2D eigenvalue weighted by Crippen LogP contribution is -2.41. The van der Waals surface area contributed by atoms with Gasteiger partial charge in [-0.3, -0.25) is 4.79 Å². The average molecular weight is 429 g/mol. The fourth-order valence-electron chi connectivity index (χ4n) is 2.71. The van der Waals surface area contributed by atoms with Crippen molar-refractivity contribution >= 4 is 44.8 Å². The standard InChI is InChI=1S/C18H18Cl2N2O4S/c19-15-9-16(20)11-17(10-15)21-18(23)14-3-1-13(2-4-14)12-27(24,25)22-5-7-26-8-6-22/h1-4,9-11H,5-8,12H2,(H,21,23). The minimum absolute atomic E-state index is 0.112. The molecule has 1 aliphatic rings. The maximum atomic E-state index is 12.4. The Morgan fingerprint density at radius 1 is 1.04 bits per heavy atom. The highest BCUT2D eigenvalue weighted by Crippen LogP contribution is 2.23. The molecule has 9 heteroatoms. The zero-order chi connectivity index (χ0) is 19.4. The Morgan fingerprint density at radius 2 is 1.63 bits per heavy atom. The molecule has 0 aliphatic carbocycles. The Labute approximate surface area is 168 Å². The summed E-state index contributed by atoms with van der Waals surface area (Å²) in [5.41, 5.74) is 1.50. The molecule has 1 aliphatic heterocycles. The molecule has 0 aromatic heterocycles. The van der Waals surface area contributed by atoms with Gasteiger partial charge in [0.25, 0.3) is 5.91 Å². The van der Waals surface area contributed by atoms with E-state index < -0.39 is 10.0 Å². The number of ether oxygens (including phenoxy) is 1. The van der Waals surface area contributed by atoms with Crippen LogP contribution >= 0.6 is 23.2 Å². The molecule has 1 fully saturated rings. The van der Waals surface area contributed by atoms with Crippen LogP contribution in [0.4, 0.5) is 5.69 Å². The van der Waals surface area contributed by atoms with Gasteiger partial charge in [0.05, 0.1) is 19.0 Å². The van der Waals surface area contributed by atoms with Crippen molar-refractivity contribution in [1.82, 2.24) is 4.31 Å². The second-order valence-electron chi connectivity index (χ2n) is 6.08. The summed E-state index contributed by atoms with van der Waals surface area (Å²) in [6, 6.07) is 11.2. The van der Waals surface area contributed by atoms with Crippen LogP contribution in [-0.4, -0.2) is 44.9 Å². The molecule has 27 heavy (non-hydrogen) atoms. The minimum atomic E-state index is -3.40. The number of sulfonamides is 1. The summed E-state index contributed by atoms with van der Waals surface area (Å²) in [6.07, 6.45) is 0. The summed E-state index contributed by atoms with van der Waals surface area (Å²) in [7, 11) is -3.40. The van der Waals surface area contributed by atoms with E-state index in [9.17, 15) is 13.2 Å². The molecule has 0 atom stereocenters. The molecule has 0 radical (unpaired) electrons. The van der Waals surface area contributed by atoms with Crippen molar-refractivity contribution in [2.75, 3.05) is 31.6 Å². The molecule has 1 amide bonds. The molecule has 2 aromatic rings. The number of nitrogens with zero attached hydrogens (tertiary/aromatic N) is 1. The van der Waals surface area contributed by atoms with Crippen molar-refractivity contribution in [2.24, 2.45) is 0 Å². The van der Waals surface area contributed by atoms with E-state index in [1.807, 2.05) is 0 Å². The molecule has 0 saturated carbocycles. The first-order valence-electron chi connectivity index (χ1n) is 8.25. The Bertz CT molecular complexity index is 907. The summed E-state index contributed by atoms with van der Waals surface area (Å²) in [5, 5.41) is 3.55. The molecule has 3 rings (SSSR count). The first-order chi connectivity index (χ1) is 12.8. The van der Waals surface area contributed by atoms with Crippen LogP contribution in [0.3, 0.4) is 0 Å². The van der Waals surface area contributed by atoms with Gasteiger partial charge in [0.2, 0.25) is 10.0 Å². The quantitative estimate of drug-likeness (QED) is 0.791. The fraction of sp³-hybridized carbons (Fsp3) is 0.278. The van der Waals surface area contributed by atoms with Crippen LogP contribution in [0, 0.1) is 0 Å². The van der Waals surface area contributed by atoms with Crippen molar-refractivity contribution in [3.63, 3.8) is 0 Å². The Balaban J connectivity index is 1.66. The van der Waals surface area contributed by atoms with Crippen LogP contribution < -0.4 is 5.32 Å². The lowest BCUT2D eigenvalue weighted by Gasteiger charge is -2.26. The number of halogens is 2. The lowest BCUT2D eigenvalue weighted by atomic mass is 10.1. The predicted octanol–water partition coefficient (Wildman–Crippen LogP) is 3.41. The number of nitrogens with one attached hydrogen (secondary N) is 1. The van der Waals surface area contributed by atoms with Crippen LogP contribution in [0.2, 0.25) is 10.0 Å². The molecular weight excluding hydrogens is 411 g/mol. The fourth-order valence-corrected chi connectivity index (χ4v) is 4.74. The summed E-state index contributed by atoms with van der Waals surface area (Å²) in [6.45, 7) is 1.55. The highest BCUT2D eigenvalue weighted by Gasteiger charge is 2.24. The van der Waals surface area contributed by atoms with Gasteiger partial charge in [-0.2, -0.15) is 4.31 Å². The zero-order valence-electron chi connectivity index (χ0n) is 14.3. The smallest absolute Gasteiger partial charge is 0.255 e. The molecule has 144 valence electrons. The van der Waals surface area contributed by atoms with E-state index >= 15 is 0 Å². The number of carbonyl (C=O) groups excluding carboxylic acids is 1. The second-order valence-corrected chi connectivity index (χ2v) is 8.92. The Hall–Kier alpha value is -1.64. The third-order valence-electron chi connectivity index (χ3n) is 4.05. The van der Waals surface area contributed by atoms with E-state index in [2.05, 4.69) is 5.32 Å². The molecule has 2 aromatic carbocycles. The number of amides is 1. The van der Waals surface area contributed by atoms with E-state index in [0.717, 1.165) is 0 Å². The van der Waals surface area contributed by atoms with Crippen molar-refractivity contribution in [1.29, 1.82) is 0 Å². The summed E-state index contributed by atoms with van der Waals surface area (Å²) >= 11 is 11.8. The van der Waals surface area contributed by atoms with Gasteiger partial charge in [-0.1, -0.05) is 35.3 Å². The lowest BCUT2D eigenvalue weighted by molar-refractivity contribution is 0.0729. The number of hydrogen-bond donors (Lipinski definition) is 1. The molecule has 1 saturated heterocycles. The van der Waals surface area contributed by atoms with Gasteiger partial charge in [-0.05, 0) is 35.9 Å². The SMILES string of the molecule is O=C(Nc1cc(Cl)cc(Cl)c1)c1ccc(CS(=O)(=O)N2CCOCC2)cc1. The number of anilines is 1. The van der Waals surface area contributed by atoms with Gasteiger partial charge < -0.3 is 10.1 Å². The van der Waals surface area contributed by atoms with E-state index in [0.29, 0.717) is 53.2 Å². The van der Waals surface area contributed by atoms with Gasteiger partial charge >= 0.3 is 0 Å². The van der Waals surface area contributed by atoms with Crippen LogP contribution in [0.15, 0.2) is 42.5 Å². The van der Waals surface area contributed by atoms with E-state index in [4.69, 9.17) is 27.9 Å². The third-order valence-corrected chi connectivity index (χ3v) is 6.34. The summed E-state index contributed by atoms with van der Waals surface area (Å²) < 4.78 is 31.5.